The van der Waals surface area contributed by atoms with Crippen molar-refractivity contribution in [3.8, 4) is 0 Å². The molecule has 39 heavy (non-hydrogen) atoms. The number of anilines is 1. The van der Waals surface area contributed by atoms with E-state index in [1.54, 1.807) is 0 Å². The van der Waals surface area contributed by atoms with E-state index in [-0.39, 0.29) is 11.3 Å². The van der Waals surface area contributed by atoms with Gasteiger partial charge < -0.3 is 15.5 Å². The second-order valence-corrected chi connectivity index (χ2v) is 12.2. The average Bonchev–Trinajstić information content (AvgIpc) is 3.38. The Morgan fingerprint density at radius 3 is 2.77 bits per heavy atom. The first-order valence-electron chi connectivity index (χ1n) is 14.7. The van der Waals surface area contributed by atoms with Gasteiger partial charge in [-0.05, 0) is 70.8 Å². The third-order valence-electron chi connectivity index (χ3n) is 9.48. The number of amides is 1. The maximum Gasteiger partial charge on any atom is 0.234 e. The van der Waals surface area contributed by atoms with Gasteiger partial charge in [-0.25, -0.2) is 9.97 Å². The van der Waals surface area contributed by atoms with Crippen molar-refractivity contribution in [2.24, 2.45) is 18.4 Å². The van der Waals surface area contributed by atoms with E-state index in [4.69, 9.17) is 10.1 Å². The van der Waals surface area contributed by atoms with Crippen molar-refractivity contribution in [2.45, 2.75) is 91.8 Å². The summed E-state index contributed by atoms with van der Waals surface area (Å²) < 4.78 is 4.27. The summed E-state index contributed by atoms with van der Waals surface area (Å²) in [5.74, 6) is 2.47. The molecular weight excluding hydrogens is 490 g/mol. The third kappa shape index (κ3) is 4.81. The molecule has 210 valence electrons. The predicted molar refractivity (Wildman–Crippen MR) is 152 cm³/mol. The van der Waals surface area contributed by atoms with Gasteiger partial charge in [0.25, 0.3) is 0 Å². The highest BCUT2D eigenvalue weighted by atomic mass is 16.2. The Hall–Kier alpha value is -3.01. The molecule has 2 fully saturated rings. The third-order valence-corrected chi connectivity index (χ3v) is 9.48. The van der Waals surface area contributed by atoms with Crippen LogP contribution >= 0.6 is 0 Å². The zero-order valence-corrected chi connectivity index (χ0v) is 24.2. The number of hydrogen-bond acceptors (Lipinski definition) is 7. The highest BCUT2D eigenvalue weighted by Gasteiger charge is 2.45. The van der Waals surface area contributed by atoms with Crippen LogP contribution in [0.3, 0.4) is 0 Å². The van der Waals surface area contributed by atoms with E-state index in [1.807, 2.05) is 32.5 Å². The van der Waals surface area contributed by atoms with Crippen LogP contribution in [0.25, 0.3) is 11.0 Å². The van der Waals surface area contributed by atoms with Crippen LogP contribution in [0.2, 0.25) is 0 Å². The zero-order chi connectivity index (χ0) is 27.3. The van der Waals surface area contributed by atoms with Crippen molar-refractivity contribution >= 4 is 22.8 Å². The van der Waals surface area contributed by atoms with Crippen LogP contribution < -0.4 is 15.5 Å². The predicted octanol–water partition coefficient (Wildman–Crippen LogP) is 3.11. The lowest BCUT2D eigenvalue weighted by Gasteiger charge is -2.49. The molecular formula is C29H43N9O. The van der Waals surface area contributed by atoms with Gasteiger partial charge in [0.1, 0.15) is 16.9 Å². The van der Waals surface area contributed by atoms with Crippen molar-refractivity contribution in [1.82, 2.24) is 40.2 Å². The van der Waals surface area contributed by atoms with Gasteiger partial charge in [-0.2, -0.15) is 10.2 Å². The molecule has 0 aromatic carbocycles. The SMILES string of the molecule is CCNCC(=O)NC1CCC2(Cn3nc(C)c4c3CCN(c3nc(C)nc5c(C)nn(C)c35)C4)CCCC1C2. The average molecular weight is 534 g/mol. The minimum absolute atomic E-state index is 0.138. The van der Waals surface area contributed by atoms with E-state index < -0.39 is 0 Å². The van der Waals surface area contributed by atoms with E-state index in [0.717, 1.165) is 79.5 Å². The minimum atomic E-state index is 0.138. The lowest BCUT2D eigenvalue weighted by atomic mass is 9.60. The first-order chi connectivity index (χ1) is 18.8. The van der Waals surface area contributed by atoms with E-state index in [9.17, 15) is 4.79 Å². The smallest absolute Gasteiger partial charge is 0.234 e. The van der Waals surface area contributed by atoms with Crippen LogP contribution in [0.15, 0.2) is 0 Å². The zero-order valence-electron chi connectivity index (χ0n) is 24.2. The largest absolute Gasteiger partial charge is 0.352 e. The fourth-order valence-electron chi connectivity index (χ4n) is 7.61. The van der Waals surface area contributed by atoms with Crippen molar-refractivity contribution in [3.05, 3.63) is 28.5 Å². The van der Waals surface area contributed by atoms with Gasteiger partial charge in [-0.15, -0.1) is 0 Å². The molecule has 1 amide bonds. The quantitative estimate of drug-likeness (QED) is 0.481. The maximum absolute atomic E-state index is 12.4. The Labute approximate surface area is 230 Å². The highest BCUT2D eigenvalue weighted by molar-refractivity contribution is 5.88. The van der Waals surface area contributed by atoms with Crippen molar-refractivity contribution in [2.75, 3.05) is 24.5 Å². The molecule has 3 aromatic rings. The molecule has 0 radical (unpaired) electrons. The van der Waals surface area contributed by atoms with E-state index in [2.05, 4.69) is 37.2 Å². The van der Waals surface area contributed by atoms with Crippen LogP contribution in [0.1, 0.15) is 73.9 Å². The number of aromatic nitrogens is 6. The van der Waals surface area contributed by atoms with Crippen LogP contribution in [0.5, 0.6) is 0 Å². The van der Waals surface area contributed by atoms with Crippen LogP contribution in [0, 0.1) is 32.1 Å². The van der Waals surface area contributed by atoms with E-state index in [1.165, 1.54) is 36.9 Å². The number of nitrogens with zero attached hydrogens (tertiary/aromatic N) is 7. The Bertz CT molecular complexity index is 1390. The standard InChI is InChI=1S/C29H43N9O/c1-6-30-15-25(39)33-23-9-12-29(11-7-8-21(23)14-29)17-38-24-10-13-37(16-22(24)18(2)35-38)28-27-26(31-20(4)32-28)19(3)34-36(27)5/h21,23,30H,6-17H2,1-5H3,(H,33,39). The summed E-state index contributed by atoms with van der Waals surface area (Å²) in [7, 11) is 1.98. The molecule has 2 saturated carbocycles. The minimum Gasteiger partial charge on any atom is -0.352 e. The molecule has 2 bridgehead atoms. The van der Waals surface area contributed by atoms with Gasteiger partial charge in [-0.1, -0.05) is 13.3 Å². The van der Waals surface area contributed by atoms with E-state index in [0.29, 0.717) is 18.5 Å². The molecule has 2 N–H and O–H groups in total. The molecule has 3 aromatic heterocycles. The fraction of sp³-hybridized carbons (Fsp3) is 0.690. The number of carbonyl (C=O) groups excluding carboxylic acids is 1. The normalized spacial score (nSPS) is 24.7. The molecule has 0 spiro atoms. The second kappa shape index (κ2) is 10.2. The van der Waals surface area contributed by atoms with Gasteiger partial charge in [0, 0.05) is 50.4 Å². The summed E-state index contributed by atoms with van der Waals surface area (Å²) in [4.78, 5) is 24.3. The molecule has 10 heteroatoms. The van der Waals surface area contributed by atoms with Gasteiger partial charge in [-0.3, -0.25) is 14.2 Å². The van der Waals surface area contributed by atoms with E-state index >= 15 is 0 Å². The fourth-order valence-corrected chi connectivity index (χ4v) is 7.61. The monoisotopic (exact) mass is 533 g/mol. The van der Waals surface area contributed by atoms with Crippen LogP contribution in [0.4, 0.5) is 5.82 Å². The van der Waals surface area contributed by atoms with Gasteiger partial charge in [0.2, 0.25) is 5.91 Å². The van der Waals surface area contributed by atoms with Gasteiger partial charge in [0.15, 0.2) is 5.82 Å². The number of aryl methyl sites for hydroxylation is 4. The van der Waals surface area contributed by atoms with Crippen LogP contribution in [-0.2, 0) is 31.4 Å². The Kier molecular flexibility index (Phi) is 6.85. The summed E-state index contributed by atoms with van der Waals surface area (Å²) in [5.41, 5.74) is 7.05. The van der Waals surface area contributed by atoms with Gasteiger partial charge >= 0.3 is 0 Å². The Balaban J connectivity index is 1.20. The van der Waals surface area contributed by atoms with Crippen molar-refractivity contribution < 1.29 is 4.79 Å². The molecule has 1 aliphatic heterocycles. The number of carbonyl (C=O) groups is 1. The molecule has 4 heterocycles. The van der Waals surface area contributed by atoms with Gasteiger partial charge in [0.05, 0.1) is 17.9 Å². The maximum atomic E-state index is 12.4. The summed E-state index contributed by atoms with van der Waals surface area (Å²) in [6.07, 6.45) is 8.11. The molecule has 0 saturated heterocycles. The summed E-state index contributed by atoms with van der Waals surface area (Å²) in [6, 6.07) is 0.315. The summed E-state index contributed by atoms with van der Waals surface area (Å²) >= 11 is 0. The summed E-state index contributed by atoms with van der Waals surface area (Å²) in [6.45, 7) is 12.1. The Morgan fingerprint density at radius 1 is 1.10 bits per heavy atom. The van der Waals surface area contributed by atoms with Crippen molar-refractivity contribution in [1.29, 1.82) is 0 Å². The number of nitrogens with one attached hydrogen (secondary N) is 2. The number of fused-ring (bicyclic) bond motifs is 4. The topological polar surface area (TPSA) is 106 Å². The molecule has 10 nitrogen and oxygen atoms in total. The molecule has 3 atom stereocenters. The lowest BCUT2D eigenvalue weighted by molar-refractivity contribution is -0.122. The second-order valence-electron chi connectivity index (χ2n) is 12.2. The molecule has 3 unspecified atom stereocenters. The first kappa shape index (κ1) is 26.2. The number of hydrogen-bond donors (Lipinski definition) is 2. The molecule has 6 rings (SSSR count). The number of rotatable bonds is 7. The molecule has 2 aliphatic carbocycles. The van der Waals surface area contributed by atoms with Crippen molar-refractivity contribution in [3.63, 3.8) is 0 Å². The Morgan fingerprint density at radius 2 is 1.95 bits per heavy atom. The molecule has 3 aliphatic rings. The summed E-state index contributed by atoms with van der Waals surface area (Å²) in [5, 5.41) is 16.2. The highest BCUT2D eigenvalue weighted by Crippen LogP contribution is 2.50. The van der Waals surface area contributed by atoms with Crippen LogP contribution in [-0.4, -0.2) is 61.1 Å². The first-order valence-corrected chi connectivity index (χ1v) is 14.7. The number of likely N-dealkylation sites (N-methyl/N-ethyl adjacent to an activating group) is 1. The lowest BCUT2D eigenvalue weighted by Crippen LogP contribution is -2.51.